The molecule has 2 aliphatic rings. The SMILES string of the molecule is C#CCOc1ccc(OCC(O)CN2CCCCC2)c2c1NC(=O)CC2. The highest BCUT2D eigenvalue weighted by atomic mass is 16.5. The maximum atomic E-state index is 11.8. The number of amides is 1. The van der Waals surface area contributed by atoms with Crippen molar-refractivity contribution in [3.05, 3.63) is 17.7 Å². The summed E-state index contributed by atoms with van der Waals surface area (Å²) in [6.07, 6.45) is 9.34. The number of benzene rings is 1. The second-order valence-electron chi connectivity index (χ2n) is 6.78. The first-order valence-electron chi connectivity index (χ1n) is 9.22. The normalized spacial score (nSPS) is 18.4. The van der Waals surface area contributed by atoms with Gasteiger partial charge in [0, 0.05) is 18.5 Å². The van der Waals surface area contributed by atoms with Crippen LogP contribution in [0.15, 0.2) is 12.1 Å². The number of nitrogens with one attached hydrogen (secondary N) is 1. The highest BCUT2D eigenvalue weighted by Gasteiger charge is 2.23. The molecule has 0 saturated carbocycles. The first-order chi connectivity index (χ1) is 12.7. The Hall–Kier alpha value is -2.23. The monoisotopic (exact) mass is 358 g/mol. The van der Waals surface area contributed by atoms with Crippen molar-refractivity contribution in [1.29, 1.82) is 0 Å². The molecule has 26 heavy (non-hydrogen) atoms. The van der Waals surface area contributed by atoms with Crippen molar-refractivity contribution >= 4 is 11.6 Å². The average molecular weight is 358 g/mol. The third-order valence-electron chi connectivity index (χ3n) is 4.76. The molecule has 0 aliphatic carbocycles. The number of rotatable bonds is 7. The maximum absolute atomic E-state index is 11.8. The molecule has 3 rings (SSSR count). The molecular formula is C20H26N2O4. The zero-order valence-electron chi connectivity index (χ0n) is 15.0. The molecular weight excluding hydrogens is 332 g/mol. The molecule has 1 unspecified atom stereocenters. The molecule has 0 bridgehead atoms. The van der Waals surface area contributed by atoms with Gasteiger partial charge in [0.05, 0.1) is 5.69 Å². The van der Waals surface area contributed by atoms with Crippen molar-refractivity contribution in [1.82, 2.24) is 4.90 Å². The largest absolute Gasteiger partial charge is 0.490 e. The fraction of sp³-hybridized carbons (Fsp3) is 0.550. The molecule has 2 N–H and O–H groups in total. The number of likely N-dealkylation sites (tertiary alicyclic amines) is 1. The van der Waals surface area contributed by atoms with E-state index in [1.54, 1.807) is 6.07 Å². The predicted molar refractivity (Wildman–Crippen MR) is 99.5 cm³/mol. The van der Waals surface area contributed by atoms with E-state index in [1.807, 2.05) is 6.07 Å². The summed E-state index contributed by atoms with van der Waals surface area (Å²) in [6.45, 7) is 3.07. The lowest BCUT2D eigenvalue weighted by molar-refractivity contribution is -0.116. The van der Waals surface area contributed by atoms with Gasteiger partial charge >= 0.3 is 0 Å². The minimum atomic E-state index is -0.542. The number of aliphatic hydroxyl groups is 1. The summed E-state index contributed by atoms with van der Waals surface area (Å²) in [5, 5.41) is 13.1. The van der Waals surface area contributed by atoms with Crippen molar-refractivity contribution in [2.75, 3.05) is 38.2 Å². The van der Waals surface area contributed by atoms with Crippen LogP contribution in [0.5, 0.6) is 11.5 Å². The van der Waals surface area contributed by atoms with E-state index in [0.29, 0.717) is 36.6 Å². The fourth-order valence-electron chi connectivity index (χ4n) is 3.49. The standard InChI is InChI=1S/C20H26N2O4/c1-2-12-25-18-8-7-17(16-6-9-19(24)21-20(16)18)26-14-15(23)13-22-10-4-3-5-11-22/h1,7-8,15,23H,3-6,9-14H2,(H,21,24). The highest BCUT2D eigenvalue weighted by molar-refractivity contribution is 5.96. The number of hydrogen-bond donors (Lipinski definition) is 2. The summed E-state index contributed by atoms with van der Waals surface area (Å²) < 4.78 is 11.4. The molecule has 6 heteroatoms. The van der Waals surface area contributed by atoms with Crippen LogP contribution in [0.25, 0.3) is 0 Å². The summed E-state index contributed by atoms with van der Waals surface area (Å²) in [4.78, 5) is 14.0. The fourth-order valence-corrected chi connectivity index (χ4v) is 3.49. The molecule has 0 radical (unpaired) electrons. The van der Waals surface area contributed by atoms with Gasteiger partial charge in [0.2, 0.25) is 5.91 Å². The zero-order valence-corrected chi connectivity index (χ0v) is 15.0. The Balaban J connectivity index is 1.64. The molecule has 0 spiro atoms. The second-order valence-corrected chi connectivity index (χ2v) is 6.78. The number of aliphatic hydroxyl groups excluding tert-OH is 1. The topological polar surface area (TPSA) is 71.0 Å². The summed E-state index contributed by atoms with van der Waals surface area (Å²) in [7, 11) is 0. The van der Waals surface area contributed by atoms with Gasteiger partial charge in [-0.2, -0.15) is 0 Å². The van der Waals surface area contributed by atoms with Gasteiger partial charge in [-0.25, -0.2) is 0 Å². The van der Waals surface area contributed by atoms with Crippen LogP contribution in [-0.4, -0.2) is 54.9 Å². The van der Waals surface area contributed by atoms with Crippen LogP contribution in [-0.2, 0) is 11.2 Å². The van der Waals surface area contributed by atoms with Crippen LogP contribution in [0.1, 0.15) is 31.2 Å². The van der Waals surface area contributed by atoms with E-state index in [0.717, 1.165) is 18.7 Å². The van der Waals surface area contributed by atoms with Crippen molar-refractivity contribution < 1.29 is 19.4 Å². The number of fused-ring (bicyclic) bond motifs is 1. The minimum Gasteiger partial charge on any atom is -0.490 e. The van der Waals surface area contributed by atoms with Crippen LogP contribution < -0.4 is 14.8 Å². The number of ether oxygens (including phenoxy) is 2. The molecule has 1 atom stereocenters. The molecule has 1 aromatic carbocycles. The summed E-state index contributed by atoms with van der Waals surface area (Å²) in [6, 6.07) is 3.56. The lowest BCUT2D eigenvalue weighted by Crippen LogP contribution is -2.38. The van der Waals surface area contributed by atoms with E-state index in [-0.39, 0.29) is 19.1 Å². The first-order valence-corrected chi connectivity index (χ1v) is 9.22. The number of terminal acetylenes is 1. The molecule has 6 nitrogen and oxygen atoms in total. The van der Waals surface area contributed by atoms with Gasteiger partial charge in [0.15, 0.2) is 0 Å². The maximum Gasteiger partial charge on any atom is 0.224 e. The Kier molecular flexibility index (Phi) is 6.37. The molecule has 2 heterocycles. The van der Waals surface area contributed by atoms with E-state index < -0.39 is 6.10 Å². The van der Waals surface area contributed by atoms with Crippen LogP contribution in [0.3, 0.4) is 0 Å². The van der Waals surface area contributed by atoms with Crippen LogP contribution >= 0.6 is 0 Å². The molecule has 1 fully saturated rings. The second kappa shape index (κ2) is 8.93. The first kappa shape index (κ1) is 18.6. The van der Waals surface area contributed by atoms with Crippen molar-refractivity contribution in [3.63, 3.8) is 0 Å². The van der Waals surface area contributed by atoms with Crippen molar-refractivity contribution in [2.45, 2.75) is 38.2 Å². The van der Waals surface area contributed by atoms with Crippen LogP contribution in [0.4, 0.5) is 5.69 Å². The van der Waals surface area contributed by atoms with Gasteiger partial charge in [-0.15, -0.1) is 6.42 Å². The van der Waals surface area contributed by atoms with Crippen molar-refractivity contribution in [3.8, 4) is 23.8 Å². The molecule has 140 valence electrons. The van der Waals surface area contributed by atoms with Gasteiger partial charge in [0.1, 0.15) is 30.8 Å². The lowest BCUT2D eigenvalue weighted by atomic mass is 10.0. The smallest absolute Gasteiger partial charge is 0.224 e. The van der Waals surface area contributed by atoms with Crippen LogP contribution in [0.2, 0.25) is 0 Å². The van der Waals surface area contributed by atoms with Crippen molar-refractivity contribution in [2.24, 2.45) is 0 Å². The number of anilines is 1. The Morgan fingerprint density at radius 2 is 1.96 bits per heavy atom. The third kappa shape index (κ3) is 4.69. The number of hydrogen-bond acceptors (Lipinski definition) is 5. The van der Waals surface area contributed by atoms with E-state index in [1.165, 1.54) is 19.3 Å². The molecule has 1 aromatic rings. The van der Waals surface area contributed by atoms with Gasteiger partial charge in [-0.1, -0.05) is 12.3 Å². The lowest BCUT2D eigenvalue weighted by Gasteiger charge is -2.28. The Bertz CT molecular complexity index is 677. The van der Waals surface area contributed by atoms with Gasteiger partial charge in [-0.3, -0.25) is 4.79 Å². The summed E-state index contributed by atoms with van der Waals surface area (Å²) >= 11 is 0. The average Bonchev–Trinajstić information content (AvgIpc) is 2.65. The number of piperidine rings is 1. The van der Waals surface area contributed by atoms with Gasteiger partial charge in [0.25, 0.3) is 0 Å². The quantitative estimate of drug-likeness (QED) is 0.728. The van der Waals surface area contributed by atoms with Crippen LogP contribution in [0, 0.1) is 12.3 Å². The molecule has 2 aliphatic heterocycles. The molecule has 0 aromatic heterocycles. The minimum absolute atomic E-state index is 0.0506. The number of β-amino-alcohol motifs (C(OH)–C–C–N with tert-alkyl or cyclic N) is 1. The Labute approximate surface area is 154 Å². The number of carbonyl (C=O) groups is 1. The zero-order chi connectivity index (χ0) is 18.4. The Morgan fingerprint density at radius 1 is 1.19 bits per heavy atom. The van der Waals surface area contributed by atoms with Gasteiger partial charge < -0.3 is 24.8 Å². The van der Waals surface area contributed by atoms with E-state index >= 15 is 0 Å². The van der Waals surface area contributed by atoms with E-state index in [4.69, 9.17) is 15.9 Å². The summed E-state index contributed by atoms with van der Waals surface area (Å²) in [5.41, 5.74) is 1.52. The predicted octanol–water partition coefficient (Wildman–Crippen LogP) is 1.81. The summed E-state index contributed by atoms with van der Waals surface area (Å²) in [5.74, 6) is 3.59. The highest BCUT2D eigenvalue weighted by Crippen LogP contribution is 2.38. The number of nitrogens with zero attached hydrogens (tertiary/aromatic N) is 1. The third-order valence-corrected chi connectivity index (χ3v) is 4.76. The van der Waals surface area contributed by atoms with Gasteiger partial charge in [-0.05, 0) is 44.5 Å². The van der Waals surface area contributed by atoms with E-state index in [9.17, 15) is 9.90 Å². The van der Waals surface area contributed by atoms with E-state index in [2.05, 4.69) is 16.1 Å². The molecule has 1 amide bonds. The Morgan fingerprint density at radius 3 is 2.73 bits per heavy atom. The number of carbonyl (C=O) groups excluding carboxylic acids is 1. The molecule has 1 saturated heterocycles.